The van der Waals surface area contributed by atoms with Crippen molar-refractivity contribution < 1.29 is 4.79 Å². The number of carbonyl (C=O) groups is 1. The highest BCUT2D eigenvalue weighted by Gasteiger charge is 2.33. The zero-order valence-electron chi connectivity index (χ0n) is 11.4. The van der Waals surface area contributed by atoms with Gasteiger partial charge in [-0.15, -0.1) is 0 Å². The van der Waals surface area contributed by atoms with Crippen molar-refractivity contribution in [3.63, 3.8) is 0 Å². The maximum atomic E-state index is 12.4. The summed E-state index contributed by atoms with van der Waals surface area (Å²) >= 11 is 0. The lowest BCUT2D eigenvalue weighted by Crippen LogP contribution is -2.41. The molecule has 0 unspecified atom stereocenters. The van der Waals surface area contributed by atoms with Crippen molar-refractivity contribution in [2.75, 3.05) is 11.9 Å². The summed E-state index contributed by atoms with van der Waals surface area (Å²) in [5.74, 6) is -0.0149. The van der Waals surface area contributed by atoms with Crippen LogP contribution in [0.3, 0.4) is 0 Å². The van der Waals surface area contributed by atoms with Gasteiger partial charge in [-0.1, -0.05) is 13.8 Å². The monoisotopic (exact) mass is 260 g/mol. The molecule has 0 saturated carbocycles. The molecule has 1 heterocycles. The highest BCUT2D eigenvalue weighted by atomic mass is 16.2. The van der Waals surface area contributed by atoms with Gasteiger partial charge < -0.3 is 11.1 Å². The lowest BCUT2D eigenvalue weighted by molar-refractivity contribution is -0.125. The molecule has 0 saturated heterocycles. The summed E-state index contributed by atoms with van der Waals surface area (Å²) in [6, 6.07) is 5.69. The molecule has 0 atom stereocenters. The van der Waals surface area contributed by atoms with Crippen molar-refractivity contribution in [3.05, 3.63) is 24.4 Å². The van der Waals surface area contributed by atoms with Crippen molar-refractivity contribution >= 4 is 22.5 Å². The summed E-state index contributed by atoms with van der Waals surface area (Å²) in [5, 5.41) is 10.8. The summed E-state index contributed by atoms with van der Waals surface area (Å²) in [6.45, 7) is 4.35. The van der Waals surface area contributed by atoms with Crippen LogP contribution < -0.4 is 11.1 Å². The van der Waals surface area contributed by atoms with E-state index in [9.17, 15) is 4.79 Å². The number of nitrogens with zero attached hydrogens (tertiary/aromatic N) is 1. The largest absolute Gasteiger partial charge is 0.329 e. The van der Waals surface area contributed by atoms with Gasteiger partial charge in [0.25, 0.3) is 0 Å². The van der Waals surface area contributed by atoms with Crippen LogP contribution in [0.15, 0.2) is 24.4 Å². The molecule has 19 heavy (non-hydrogen) atoms. The maximum absolute atomic E-state index is 12.4. The third kappa shape index (κ3) is 2.46. The second-order valence-electron chi connectivity index (χ2n) is 4.82. The first-order chi connectivity index (χ1) is 9.15. The van der Waals surface area contributed by atoms with Crippen LogP contribution in [0.2, 0.25) is 0 Å². The van der Waals surface area contributed by atoms with Crippen LogP contribution >= 0.6 is 0 Å². The van der Waals surface area contributed by atoms with Crippen molar-refractivity contribution in [2.45, 2.75) is 26.7 Å². The predicted molar refractivity (Wildman–Crippen MR) is 76.8 cm³/mol. The number of nitrogens with one attached hydrogen (secondary N) is 2. The fraction of sp³-hybridized carbons (Fsp3) is 0.429. The molecular weight excluding hydrogens is 240 g/mol. The van der Waals surface area contributed by atoms with Crippen molar-refractivity contribution in [2.24, 2.45) is 11.1 Å². The van der Waals surface area contributed by atoms with Crippen LogP contribution in [0, 0.1) is 5.41 Å². The van der Waals surface area contributed by atoms with E-state index in [2.05, 4.69) is 15.5 Å². The van der Waals surface area contributed by atoms with E-state index in [0.717, 1.165) is 29.4 Å². The summed E-state index contributed by atoms with van der Waals surface area (Å²) < 4.78 is 0. The Hall–Kier alpha value is -1.88. The molecule has 4 N–H and O–H groups in total. The van der Waals surface area contributed by atoms with E-state index in [0.29, 0.717) is 6.54 Å². The molecule has 0 fully saturated rings. The second kappa shape index (κ2) is 5.40. The molecule has 1 amide bonds. The lowest BCUT2D eigenvalue weighted by Gasteiger charge is -2.28. The SMILES string of the molecule is CCC(CC)(CN)C(=O)Nc1ccc2cn[nH]c2c1. The topological polar surface area (TPSA) is 83.8 Å². The number of hydrogen-bond acceptors (Lipinski definition) is 3. The normalized spacial score (nSPS) is 11.7. The molecule has 5 heteroatoms. The van der Waals surface area contributed by atoms with Crippen LogP contribution in [0.1, 0.15) is 26.7 Å². The van der Waals surface area contributed by atoms with E-state index in [1.54, 1.807) is 6.20 Å². The molecule has 2 rings (SSSR count). The van der Waals surface area contributed by atoms with E-state index in [4.69, 9.17) is 5.73 Å². The average Bonchev–Trinajstić information content (AvgIpc) is 2.89. The third-order valence-corrected chi connectivity index (χ3v) is 3.93. The van der Waals surface area contributed by atoms with Crippen molar-refractivity contribution in [1.82, 2.24) is 10.2 Å². The van der Waals surface area contributed by atoms with E-state index in [-0.39, 0.29) is 5.91 Å². The van der Waals surface area contributed by atoms with Crippen LogP contribution in [0.5, 0.6) is 0 Å². The van der Waals surface area contributed by atoms with E-state index in [1.807, 2.05) is 32.0 Å². The first kappa shape index (κ1) is 13.5. The number of nitrogens with two attached hydrogens (primary N) is 1. The van der Waals surface area contributed by atoms with E-state index >= 15 is 0 Å². The standard InChI is InChI=1S/C14H20N4O/c1-3-14(4-2,9-15)13(19)17-11-6-5-10-8-16-18-12(10)7-11/h5-8H,3-4,9,15H2,1-2H3,(H,16,18)(H,17,19). The number of rotatable bonds is 5. The van der Waals surface area contributed by atoms with Crippen LogP contribution in [-0.2, 0) is 4.79 Å². The van der Waals surface area contributed by atoms with Gasteiger partial charge in [0.1, 0.15) is 0 Å². The predicted octanol–water partition coefficient (Wildman–Crippen LogP) is 2.27. The van der Waals surface area contributed by atoms with E-state index in [1.165, 1.54) is 0 Å². The number of anilines is 1. The summed E-state index contributed by atoms with van der Waals surface area (Å²) in [4.78, 5) is 12.4. The number of amides is 1. The summed E-state index contributed by atoms with van der Waals surface area (Å²) in [6.07, 6.45) is 3.22. The molecule has 0 radical (unpaired) electrons. The molecule has 0 spiro atoms. The lowest BCUT2D eigenvalue weighted by atomic mass is 9.81. The van der Waals surface area contributed by atoms with Gasteiger partial charge in [0.05, 0.1) is 17.1 Å². The minimum atomic E-state index is -0.483. The Morgan fingerprint density at radius 2 is 2.16 bits per heavy atom. The van der Waals surface area contributed by atoms with Gasteiger partial charge in [0.15, 0.2) is 0 Å². The fourth-order valence-electron chi connectivity index (χ4n) is 2.23. The van der Waals surface area contributed by atoms with Gasteiger partial charge in [0, 0.05) is 17.6 Å². The molecule has 102 valence electrons. The molecule has 1 aromatic heterocycles. The van der Waals surface area contributed by atoms with Gasteiger partial charge in [-0.25, -0.2) is 0 Å². The molecule has 0 aliphatic carbocycles. The molecule has 5 nitrogen and oxygen atoms in total. The maximum Gasteiger partial charge on any atom is 0.231 e. The Labute approximate surface area is 112 Å². The Morgan fingerprint density at radius 3 is 2.79 bits per heavy atom. The molecule has 2 aromatic rings. The highest BCUT2D eigenvalue weighted by molar-refractivity contribution is 5.97. The number of H-pyrrole nitrogens is 1. The number of benzene rings is 1. The van der Waals surface area contributed by atoms with Crippen molar-refractivity contribution in [1.29, 1.82) is 0 Å². The van der Waals surface area contributed by atoms with Gasteiger partial charge in [0.2, 0.25) is 5.91 Å². The minimum Gasteiger partial charge on any atom is -0.329 e. The smallest absolute Gasteiger partial charge is 0.231 e. The Morgan fingerprint density at radius 1 is 1.42 bits per heavy atom. The number of carbonyl (C=O) groups excluding carboxylic acids is 1. The number of aromatic amines is 1. The zero-order chi connectivity index (χ0) is 13.9. The number of hydrogen-bond donors (Lipinski definition) is 3. The fourth-order valence-corrected chi connectivity index (χ4v) is 2.23. The first-order valence-electron chi connectivity index (χ1n) is 6.60. The molecule has 0 aliphatic rings. The van der Waals surface area contributed by atoms with Gasteiger partial charge in [-0.2, -0.15) is 5.10 Å². The van der Waals surface area contributed by atoms with Crippen LogP contribution in [0.4, 0.5) is 5.69 Å². The minimum absolute atomic E-state index is 0.0149. The molecule has 0 aliphatic heterocycles. The first-order valence-corrected chi connectivity index (χ1v) is 6.60. The Kier molecular flexibility index (Phi) is 3.85. The van der Waals surface area contributed by atoms with Crippen LogP contribution in [0.25, 0.3) is 10.9 Å². The average molecular weight is 260 g/mol. The van der Waals surface area contributed by atoms with Gasteiger partial charge in [-0.3, -0.25) is 9.89 Å². The molecule has 0 bridgehead atoms. The van der Waals surface area contributed by atoms with Gasteiger partial charge >= 0.3 is 0 Å². The quantitative estimate of drug-likeness (QED) is 0.771. The summed E-state index contributed by atoms with van der Waals surface area (Å²) in [5.41, 5.74) is 6.97. The zero-order valence-corrected chi connectivity index (χ0v) is 11.4. The number of aromatic nitrogens is 2. The van der Waals surface area contributed by atoms with Crippen molar-refractivity contribution in [3.8, 4) is 0 Å². The third-order valence-electron chi connectivity index (χ3n) is 3.93. The second-order valence-corrected chi connectivity index (χ2v) is 4.82. The highest BCUT2D eigenvalue weighted by Crippen LogP contribution is 2.27. The Bertz CT molecular complexity index is 563. The summed E-state index contributed by atoms with van der Waals surface area (Å²) in [7, 11) is 0. The molecule has 1 aromatic carbocycles. The van der Waals surface area contributed by atoms with Crippen LogP contribution in [-0.4, -0.2) is 22.6 Å². The Balaban J connectivity index is 2.21. The molecular formula is C14H20N4O. The number of fused-ring (bicyclic) bond motifs is 1. The van der Waals surface area contributed by atoms with Gasteiger partial charge in [-0.05, 0) is 31.0 Å². The van der Waals surface area contributed by atoms with E-state index < -0.39 is 5.41 Å².